The molecule has 1 aromatic carbocycles. The van der Waals surface area contributed by atoms with Gasteiger partial charge in [-0.25, -0.2) is 0 Å². The van der Waals surface area contributed by atoms with Crippen LogP contribution in [0.2, 0.25) is 0 Å². The first-order valence-electron chi connectivity index (χ1n) is 6.23. The highest BCUT2D eigenvalue weighted by molar-refractivity contribution is 7.07. The Balaban J connectivity index is 1.69. The molecule has 5 heteroatoms. The molecule has 2 aromatic heterocycles. The lowest BCUT2D eigenvalue weighted by atomic mass is 10.1. The maximum absolute atomic E-state index is 12.0. The van der Waals surface area contributed by atoms with Crippen LogP contribution in [-0.4, -0.2) is 16.1 Å². The molecule has 2 heterocycles. The number of carbonyl (C=O) groups excluding carboxylic acids is 1. The van der Waals surface area contributed by atoms with Gasteiger partial charge in [0.05, 0.1) is 5.69 Å². The summed E-state index contributed by atoms with van der Waals surface area (Å²) in [5, 5.41) is 13.8. The standard InChI is InChI=1S/C15H13N3OS/c19-15(16-9-11-6-7-20-10-11)14-8-13(17-18-14)12-4-2-1-3-5-12/h1-8,10H,9H2,(H,16,19)(H,17,18). The summed E-state index contributed by atoms with van der Waals surface area (Å²) < 4.78 is 0. The molecule has 3 aromatic rings. The summed E-state index contributed by atoms with van der Waals surface area (Å²) in [6.45, 7) is 0.530. The number of benzene rings is 1. The molecule has 0 aliphatic rings. The molecule has 2 N–H and O–H groups in total. The fourth-order valence-electron chi connectivity index (χ4n) is 1.87. The van der Waals surface area contributed by atoms with Crippen molar-refractivity contribution in [3.05, 3.63) is 64.5 Å². The van der Waals surface area contributed by atoms with Crippen molar-refractivity contribution in [1.29, 1.82) is 0 Å². The smallest absolute Gasteiger partial charge is 0.269 e. The van der Waals surface area contributed by atoms with E-state index in [1.807, 2.05) is 47.2 Å². The molecule has 0 atom stereocenters. The minimum absolute atomic E-state index is 0.147. The quantitative estimate of drug-likeness (QED) is 0.773. The molecule has 0 saturated carbocycles. The summed E-state index contributed by atoms with van der Waals surface area (Å²) in [6.07, 6.45) is 0. The topological polar surface area (TPSA) is 57.8 Å². The zero-order valence-corrected chi connectivity index (χ0v) is 11.5. The first-order valence-corrected chi connectivity index (χ1v) is 7.17. The molecule has 0 aliphatic heterocycles. The highest BCUT2D eigenvalue weighted by atomic mass is 32.1. The van der Waals surface area contributed by atoms with Crippen molar-refractivity contribution in [2.75, 3.05) is 0 Å². The molecule has 0 fully saturated rings. The minimum Gasteiger partial charge on any atom is -0.347 e. The van der Waals surface area contributed by atoms with Crippen LogP contribution in [0.3, 0.4) is 0 Å². The van der Waals surface area contributed by atoms with Crippen LogP contribution in [0.5, 0.6) is 0 Å². The van der Waals surface area contributed by atoms with Gasteiger partial charge in [0.2, 0.25) is 0 Å². The Morgan fingerprint density at radius 3 is 2.85 bits per heavy atom. The fraction of sp³-hybridized carbons (Fsp3) is 0.0667. The third-order valence-electron chi connectivity index (χ3n) is 2.93. The average molecular weight is 283 g/mol. The summed E-state index contributed by atoms with van der Waals surface area (Å²) >= 11 is 1.62. The molecule has 3 rings (SSSR count). The van der Waals surface area contributed by atoms with Crippen molar-refractivity contribution in [2.45, 2.75) is 6.54 Å². The first kappa shape index (κ1) is 12.6. The first-order chi connectivity index (χ1) is 9.83. The van der Waals surface area contributed by atoms with Crippen molar-refractivity contribution in [2.24, 2.45) is 0 Å². The summed E-state index contributed by atoms with van der Waals surface area (Å²) in [7, 11) is 0. The molecule has 0 saturated heterocycles. The summed E-state index contributed by atoms with van der Waals surface area (Å²) in [6, 6.07) is 13.5. The number of hydrogen-bond donors (Lipinski definition) is 2. The second-order valence-corrected chi connectivity index (χ2v) is 5.13. The number of nitrogens with one attached hydrogen (secondary N) is 2. The van der Waals surface area contributed by atoms with Crippen LogP contribution in [-0.2, 0) is 6.54 Å². The number of thiophene rings is 1. The Hall–Kier alpha value is -2.40. The number of aromatic nitrogens is 2. The Kier molecular flexibility index (Phi) is 3.60. The largest absolute Gasteiger partial charge is 0.347 e. The van der Waals surface area contributed by atoms with Crippen molar-refractivity contribution in [3.63, 3.8) is 0 Å². The number of H-pyrrole nitrogens is 1. The van der Waals surface area contributed by atoms with Gasteiger partial charge in [0.25, 0.3) is 5.91 Å². The van der Waals surface area contributed by atoms with Gasteiger partial charge >= 0.3 is 0 Å². The second-order valence-electron chi connectivity index (χ2n) is 4.35. The van der Waals surface area contributed by atoms with E-state index in [1.165, 1.54) is 0 Å². The second kappa shape index (κ2) is 5.71. The normalized spacial score (nSPS) is 10.4. The molecule has 100 valence electrons. The van der Waals surface area contributed by atoms with Gasteiger partial charge in [-0.2, -0.15) is 16.4 Å². The number of hydrogen-bond acceptors (Lipinski definition) is 3. The lowest BCUT2D eigenvalue weighted by molar-refractivity contribution is 0.0946. The molecular formula is C15H13N3OS. The van der Waals surface area contributed by atoms with Gasteiger partial charge in [0.15, 0.2) is 0 Å². The molecule has 0 aliphatic carbocycles. The van der Waals surface area contributed by atoms with Crippen molar-refractivity contribution in [1.82, 2.24) is 15.5 Å². The van der Waals surface area contributed by atoms with E-state index in [0.717, 1.165) is 16.8 Å². The predicted octanol–water partition coefficient (Wildman–Crippen LogP) is 3.07. The van der Waals surface area contributed by atoms with Gasteiger partial charge in [-0.3, -0.25) is 9.89 Å². The van der Waals surface area contributed by atoms with Crippen molar-refractivity contribution in [3.8, 4) is 11.3 Å². The molecule has 0 spiro atoms. The van der Waals surface area contributed by atoms with Gasteiger partial charge in [0, 0.05) is 12.1 Å². The number of nitrogens with zero attached hydrogens (tertiary/aromatic N) is 1. The van der Waals surface area contributed by atoms with Crippen LogP contribution in [0.1, 0.15) is 16.1 Å². The Labute approximate surface area is 120 Å². The molecule has 4 nitrogen and oxygen atoms in total. The summed E-state index contributed by atoms with van der Waals surface area (Å²) in [5.41, 5.74) is 3.33. The zero-order valence-electron chi connectivity index (χ0n) is 10.7. The van der Waals surface area contributed by atoms with Gasteiger partial charge in [-0.1, -0.05) is 30.3 Å². The number of rotatable bonds is 4. The average Bonchev–Trinajstić information content (AvgIpc) is 3.17. The highest BCUT2D eigenvalue weighted by Gasteiger charge is 2.10. The Bertz CT molecular complexity index is 689. The van der Waals surface area contributed by atoms with Crippen LogP contribution < -0.4 is 5.32 Å². The molecule has 0 radical (unpaired) electrons. The monoisotopic (exact) mass is 283 g/mol. The van der Waals surface area contributed by atoms with Crippen molar-refractivity contribution < 1.29 is 4.79 Å². The molecule has 0 unspecified atom stereocenters. The minimum atomic E-state index is -0.147. The van der Waals surface area contributed by atoms with E-state index in [1.54, 1.807) is 17.4 Å². The predicted molar refractivity (Wildman–Crippen MR) is 79.5 cm³/mol. The lowest BCUT2D eigenvalue weighted by Crippen LogP contribution is -2.22. The van der Waals surface area contributed by atoms with Gasteiger partial charge < -0.3 is 5.32 Å². The van der Waals surface area contributed by atoms with E-state index in [-0.39, 0.29) is 5.91 Å². The third-order valence-corrected chi connectivity index (χ3v) is 3.66. The molecule has 0 bridgehead atoms. The maximum Gasteiger partial charge on any atom is 0.269 e. The SMILES string of the molecule is O=C(NCc1ccsc1)c1cc(-c2ccccc2)n[nH]1. The number of carbonyl (C=O) groups is 1. The van der Waals surface area contributed by atoms with E-state index < -0.39 is 0 Å². The third kappa shape index (κ3) is 2.78. The van der Waals surface area contributed by atoms with Gasteiger partial charge in [0.1, 0.15) is 5.69 Å². The van der Waals surface area contributed by atoms with E-state index in [9.17, 15) is 4.79 Å². The number of amides is 1. The Morgan fingerprint density at radius 2 is 2.10 bits per heavy atom. The zero-order chi connectivity index (χ0) is 13.8. The summed E-state index contributed by atoms with van der Waals surface area (Å²) in [4.78, 5) is 12.0. The van der Waals surface area contributed by atoms with E-state index in [0.29, 0.717) is 12.2 Å². The fourth-order valence-corrected chi connectivity index (χ4v) is 2.53. The van der Waals surface area contributed by atoms with Crippen LogP contribution >= 0.6 is 11.3 Å². The Morgan fingerprint density at radius 1 is 1.25 bits per heavy atom. The maximum atomic E-state index is 12.0. The molecule has 1 amide bonds. The highest BCUT2D eigenvalue weighted by Crippen LogP contribution is 2.16. The summed E-state index contributed by atoms with van der Waals surface area (Å²) in [5.74, 6) is -0.147. The molecule has 20 heavy (non-hydrogen) atoms. The molecular weight excluding hydrogens is 270 g/mol. The van der Waals surface area contributed by atoms with E-state index >= 15 is 0 Å². The van der Waals surface area contributed by atoms with Crippen molar-refractivity contribution >= 4 is 17.2 Å². The van der Waals surface area contributed by atoms with Gasteiger partial charge in [-0.15, -0.1) is 0 Å². The lowest BCUT2D eigenvalue weighted by Gasteiger charge is -2.00. The van der Waals surface area contributed by atoms with Crippen LogP contribution in [0.15, 0.2) is 53.2 Å². The van der Waals surface area contributed by atoms with E-state index in [4.69, 9.17) is 0 Å². The van der Waals surface area contributed by atoms with Crippen LogP contribution in [0, 0.1) is 0 Å². The van der Waals surface area contributed by atoms with E-state index in [2.05, 4.69) is 15.5 Å². The van der Waals surface area contributed by atoms with Crippen LogP contribution in [0.25, 0.3) is 11.3 Å². The van der Waals surface area contributed by atoms with Gasteiger partial charge in [-0.05, 0) is 28.5 Å². The number of aromatic amines is 1. The van der Waals surface area contributed by atoms with Crippen LogP contribution in [0.4, 0.5) is 0 Å².